The lowest BCUT2D eigenvalue weighted by molar-refractivity contribution is -0.145. The molecule has 126 valence electrons. The van der Waals surface area contributed by atoms with Gasteiger partial charge in [-0.25, -0.2) is 4.79 Å². The molecule has 1 aliphatic heterocycles. The summed E-state index contributed by atoms with van der Waals surface area (Å²) in [5.41, 5.74) is 1.66. The maximum absolute atomic E-state index is 12.4. The topological polar surface area (TPSA) is 99.3 Å². The fourth-order valence-electron chi connectivity index (χ4n) is 2.67. The number of amides is 4. The molecule has 7 heteroatoms. The van der Waals surface area contributed by atoms with Crippen molar-refractivity contribution in [3.05, 3.63) is 54.8 Å². The number of nitrogens with one attached hydrogen (secondary N) is 2. The van der Waals surface area contributed by atoms with E-state index in [1.54, 1.807) is 6.20 Å². The number of imide groups is 2. The summed E-state index contributed by atoms with van der Waals surface area (Å²) in [5.74, 6) is -4.01. The number of carbonyl (C=O) groups excluding carboxylic acids is 4. The molecule has 25 heavy (non-hydrogen) atoms. The van der Waals surface area contributed by atoms with Gasteiger partial charge in [0.15, 0.2) is 11.7 Å². The SMILES string of the molecule is C=CCN1C(=O)NC(=O)[C@@H](C(=O)/C=C/c2c[nH]c3ccccc23)C1=O. The number of allylic oxidation sites excluding steroid dienone is 1. The van der Waals surface area contributed by atoms with Crippen molar-refractivity contribution >= 4 is 40.6 Å². The summed E-state index contributed by atoms with van der Waals surface area (Å²) in [6.07, 6.45) is 5.79. The molecule has 7 nitrogen and oxygen atoms in total. The lowest BCUT2D eigenvalue weighted by atomic mass is 9.98. The summed E-state index contributed by atoms with van der Waals surface area (Å²) in [6, 6.07) is 6.68. The fourth-order valence-corrected chi connectivity index (χ4v) is 2.67. The van der Waals surface area contributed by atoms with Gasteiger partial charge in [0.25, 0.3) is 5.91 Å². The second kappa shape index (κ2) is 6.56. The minimum absolute atomic E-state index is 0.0755. The van der Waals surface area contributed by atoms with Crippen molar-refractivity contribution in [3.8, 4) is 0 Å². The number of ketones is 1. The Bertz CT molecular complexity index is 925. The van der Waals surface area contributed by atoms with Crippen LogP contribution >= 0.6 is 0 Å². The number of para-hydroxylation sites is 1. The standard InChI is InChI=1S/C18H15N3O4/c1-2-9-21-17(24)15(16(23)20-18(21)25)14(22)8-7-11-10-19-13-6-4-3-5-12(11)13/h2-8,10,15,19H,1,9H2,(H,20,23,25)/b8-7+/t15-/m1/s1. The van der Waals surface area contributed by atoms with Crippen LogP contribution in [0.1, 0.15) is 5.56 Å². The molecule has 2 aromatic rings. The first-order chi connectivity index (χ1) is 12.0. The molecule has 4 amide bonds. The highest BCUT2D eigenvalue weighted by atomic mass is 16.2. The van der Waals surface area contributed by atoms with E-state index in [9.17, 15) is 19.2 Å². The molecule has 0 radical (unpaired) electrons. The third kappa shape index (κ3) is 2.99. The number of aromatic amines is 1. The zero-order valence-electron chi connectivity index (χ0n) is 13.2. The van der Waals surface area contributed by atoms with Gasteiger partial charge < -0.3 is 4.98 Å². The second-order valence-electron chi connectivity index (χ2n) is 5.49. The fraction of sp³-hybridized carbons (Fsp3) is 0.111. The average Bonchev–Trinajstić information content (AvgIpc) is 3.00. The summed E-state index contributed by atoms with van der Waals surface area (Å²) >= 11 is 0. The predicted molar refractivity (Wildman–Crippen MR) is 91.3 cm³/mol. The maximum atomic E-state index is 12.4. The van der Waals surface area contributed by atoms with E-state index < -0.39 is 29.5 Å². The van der Waals surface area contributed by atoms with E-state index in [1.807, 2.05) is 29.6 Å². The van der Waals surface area contributed by atoms with Crippen LogP contribution in [0.4, 0.5) is 4.79 Å². The number of hydrogen-bond donors (Lipinski definition) is 2. The van der Waals surface area contributed by atoms with Gasteiger partial charge in [0.2, 0.25) is 5.91 Å². The van der Waals surface area contributed by atoms with Crippen LogP contribution in [0.25, 0.3) is 17.0 Å². The molecule has 1 aromatic carbocycles. The molecule has 0 unspecified atom stereocenters. The zero-order chi connectivity index (χ0) is 18.0. The molecule has 0 aliphatic carbocycles. The maximum Gasteiger partial charge on any atom is 0.331 e. The lowest BCUT2D eigenvalue weighted by Gasteiger charge is -2.27. The Morgan fingerprint density at radius 2 is 2.00 bits per heavy atom. The van der Waals surface area contributed by atoms with Crippen molar-refractivity contribution in [1.29, 1.82) is 0 Å². The van der Waals surface area contributed by atoms with Crippen molar-refractivity contribution in [3.63, 3.8) is 0 Å². The number of nitrogens with zero attached hydrogens (tertiary/aromatic N) is 1. The molecule has 2 N–H and O–H groups in total. The molecule has 1 aliphatic rings. The van der Waals surface area contributed by atoms with E-state index in [0.717, 1.165) is 21.4 Å². The van der Waals surface area contributed by atoms with E-state index in [1.165, 1.54) is 18.2 Å². The highest BCUT2D eigenvalue weighted by Crippen LogP contribution is 2.20. The Labute approximate surface area is 143 Å². The Morgan fingerprint density at radius 3 is 2.76 bits per heavy atom. The number of hydrogen-bond acceptors (Lipinski definition) is 4. The Kier molecular flexibility index (Phi) is 4.30. The number of barbiturate groups is 1. The molecule has 1 aromatic heterocycles. The number of urea groups is 1. The molecule has 3 rings (SSSR count). The van der Waals surface area contributed by atoms with Crippen LogP contribution in [-0.4, -0.2) is 40.1 Å². The van der Waals surface area contributed by atoms with E-state index in [2.05, 4.69) is 11.6 Å². The molecule has 0 saturated carbocycles. The quantitative estimate of drug-likeness (QED) is 0.492. The lowest BCUT2D eigenvalue weighted by Crippen LogP contribution is -2.59. The van der Waals surface area contributed by atoms with Crippen LogP contribution in [-0.2, 0) is 14.4 Å². The van der Waals surface area contributed by atoms with Gasteiger partial charge in [-0.3, -0.25) is 24.6 Å². The first-order valence-corrected chi connectivity index (χ1v) is 7.58. The van der Waals surface area contributed by atoms with Crippen LogP contribution in [0, 0.1) is 5.92 Å². The van der Waals surface area contributed by atoms with Gasteiger partial charge in [-0.05, 0) is 23.8 Å². The number of benzene rings is 1. The third-order valence-electron chi connectivity index (χ3n) is 3.90. The summed E-state index contributed by atoms with van der Waals surface area (Å²) < 4.78 is 0. The summed E-state index contributed by atoms with van der Waals surface area (Å²) in [7, 11) is 0. The second-order valence-corrected chi connectivity index (χ2v) is 5.49. The van der Waals surface area contributed by atoms with Crippen molar-refractivity contribution in [2.24, 2.45) is 5.92 Å². The number of fused-ring (bicyclic) bond motifs is 1. The van der Waals surface area contributed by atoms with Gasteiger partial charge in [-0.2, -0.15) is 0 Å². The largest absolute Gasteiger partial charge is 0.361 e. The normalized spacial score (nSPS) is 18.0. The summed E-state index contributed by atoms with van der Waals surface area (Å²) in [6.45, 7) is 3.37. The van der Waals surface area contributed by atoms with Crippen LogP contribution in [0.5, 0.6) is 0 Å². The van der Waals surface area contributed by atoms with Crippen molar-refractivity contribution < 1.29 is 19.2 Å². The molecule has 0 spiro atoms. The van der Waals surface area contributed by atoms with Gasteiger partial charge >= 0.3 is 6.03 Å². The molecule has 0 bridgehead atoms. The molecule has 1 atom stereocenters. The van der Waals surface area contributed by atoms with Gasteiger partial charge in [-0.1, -0.05) is 24.3 Å². The van der Waals surface area contributed by atoms with Crippen molar-refractivity contribution in [2.45, 2.75) is 0 Å². The van der Waals surface area contributed by atoms with Crippen LogP contribution in [0.3, 0.4) is 0 Å². The minimum Gasteiger partial charge on any atom is -0.361 e. The van der Waals surface area contributed by atoms with E-state index >= 15 is 0 Å². The smallest absolute Gasteiger partial charge is 0.331 e. The highest BCUT2D eigenvalue weighted by Gasteiger charge is 2.43. The highest BCUT2D eigenvalue weighted by molar-refractivity contribution is 6.29. The first-order valence-electron chi connectivity index (χ1n) is 7.58. The Hall–Kier alpha value is -3.48. The van der Waals surface area contributed by atoms with Crippen LogP contribution in [0.2, 0.25) is 0 Å². The number of carbonyl (C=O) groups is 4. The summed E-state index contributed by atoms with van der Waals surface area (Å²) in [4.78, 5) is 52.1. The van der Waals surface area contributed by atoms with Crippen molar-refractivity contribution in [2.75, 3.05) is 6.54 Å². The Morgan fingerprint density at radius 1 is 1.24 bits per heavy atom. The predicted octanol–water partition coefficient (Wildman–Crippen LogP) is 1.63. The number of rotatable bonds is 5. The van der Waals surface area contributed by atoms with Crippen molar-refractivity contribution in [1.82, 2.24) is 15.2 Å². The minimum atomic E-state index is -1.57. The molecule has 1 saturated heterocycles. The van der Waals surface area contributed by atoms with Gasteiger partial charge in [0.05, 0.1) is 0 Å². The van der Waals surface area contributed by atoms with E-state index in [-0.39, 0.29) is 6.54 Å². The number of H-pyrrole nitrogens is 1. The van der Waals surface area contributed by atoms with Gasteiger partial charge in [0.1, 0.15) is 0 Å². The van der Waals surface area contributed by atoms with Gasteiger partial charge in [0, 0.05) is 23.6 Å². The molecular weight excluding hydrogens is 322 g/mol. The van der Waals surface area contributed by atoms with E-state index in [0.29, 0.717) is 0 Å². The Balaban J connectivity index is 1.84. The third-order valence-corrected chi connectivity index (χ3v) is 3.90. The van der Waals surface area contributed by atoms with Crippen LogP contribution in [0.15, 0.2) is 49.2 Å². The molecule has 1 fully saturated rings. The average molecular weight is 337 g/mol. The zero-order valence-corrected chi connectivity index (χ0v) is 13.2. The van der Waals surface area contributed by atoms with Gasteiger partial charge in [-0.15, -0.1) is 6.58 Å². The van der Waals surface area contributed by atoms with E-state index in [4.69, 9.17) is 0 Å². The summed E-state index contributed by atoms with van der Waals surface area (Å²) in [5, 5.41) is 2.93. The molecule has 2 heterocycles. The van der Waals surface area contributed by atoms with Crippen LogP contribution < -0.4 is 5.32 Å². The molecular formula is C18H15N3O4. The first kappa shape index (κ1) is 16.4. The number of aromatic nitrogens is 1. The monoisotopic (exact) mass is 337 g/mol.